The lowest BCUT2D eigenvalue weighted by Gasteiger charge is -2.09. The highest BCUT2D eigenvalue weighted by molar-refractivity contribution is 7.99. The molecule has 0 fully saturated rings. The topological polar surface area (TPSA) is 34.9 Å². The van der Waals surface area contributed by atoms with Crippen LogP contribution in [0.3, 0.4) is 0 Å². The first kappa shape index (κ1) is 13.8. The molecule has 100 valence electrons. The van der Waals surface area contributed by atoms with Crippen molar-refractivity contribution in [2.45, 2.75) is 30.3 Å². The molecule has 0 radical (unpaired) electrons. The van der Waals surface area contributed by atoms with E-state index in [9.17, 15) is 9.18 Å². The first-order chi connectivity index (χ1) is 9.08. The summed E-state index contributed by atoms with van der Waals surface area (Å²) in [6.07, 6.45) is 3.24. The lowest BCUT2D eigenvalue weighted by Crippen LogP contribution is -2.24. The van der Waals surface area contributed by atoms with Gasteiger partial charge in [0.2, 0.25) is 0 Å². The largest absolute Gasteiger partial charge is 0.311 e. The number of hydrogen-bond donors (Lipinski definition) is 0. The maximum atomic E-state index is 13.6. The summed E-state index contributed by atoms with van der Waals surface area (Å²) in [5.41, 5.74) is -0.176. The van der Waals surface area contributed by atoms with Crippen molar-refractivity contribution in [1.82, 2.24) is 9.55 Å². The molecule has 0 unspecified atom stereocenters. The summed E-state index contributed by atoms with van der Waals surface area (Å²) in [7, 11) is 0. The van der Waals surface area contributed by atoms with Gasteiger partial charge in [-0.05, 0) is 18.1 Å². The predicted octanol–water partition coefficient (Wildman–Crippen LogP) is 3.19. The molecule has 0 saturated carbocycles. The van der Waals surface area contributed by atoms with Gasteiger partial charge < -0.3 is 4.57 Å². The fourth-order valence-corrected chi connectivity index (χ4v) is 2.50. The summed E-state index contributed by atoms with van der Waals surface area (Å²) < 4.78 is 15.2. The number of nitrogens with zero attached hydrogens (tertiary/aromatic N) is 2. The Labute approximate surface area is 115 Å². The zero-order chi connectivity index (χ0) is 13.8. The molecule has 0 aliphatic carbocycles. The van der Waals surface area contributed by atoms with Crippen LogP contribution in [0.5, 0.6) is 0 Å². The van der Waals surface area contributed by atoms with E-state index in [0.717, 1.165) is 11.8 Å². The van der Waals surface area contributed by atoms with E-state index in [1.807, 2.05) is 13.8 Å². The van der Waals surface area contributed by atoms with Gasteiger partial charge in [-0.3, -0.25) is 4.79 Å². The molecule has 0 N–H and O–H groups in total. The van der Waals surface area contributed by atoms with Crippen molar-refractivity contribution in [2.24, 2.45) is 5.92 Å². The molecule has 0 amide bonds. The van der Waals surface area contributed by atoms with Crippen molar-refractivity contribution in [1.29, 1.82) is 0 Å². The van der Waals surface area contributed by atoms with Crippen LogP contribution in [-0.2, 0) is 6.54 Å². The lowest BCUT2D eigenvalue weighted by atomic mass is 10.2. The van der Waals surface area contributed by atoms with Crippen LogP contribution in [0.15, 0.2) is 51.4 Å². The molecule has 0 aliphatic heterocycles. The summed E-state index contributed by atoms with van der Waals surface area (Å²) in [6, 6.07) is 6.37. The maximum absolute atomic E-state index is 13.6. The Balaban J connectivity index is 2.31. The van der Waals surface area contributed by atoms with Crippen molar-refractivity contribution in [3.05, 3.63) is 52.8 Å². The summed E-state index contributed by atoms with van der Waals surface area (Å²) in [5, 5.41) is 0.299. The van der Waals surface area contributed by atoms with Gasteiger partial charge in [-0.1, -0.05) is 37.7 Å². The molecule has 0 bridgehead atoms. The second kappa shape index (κ2) is 6.02. The van der Waals surface area contributed by atoms with Crippen LogP contribution in [0, 0.1) is 11.7 Å². The van der Waals surface area contributed by atoms with Gasteiger partial charge in [-0.25, -0.2) is 9.37 Å². The molecular weight excluding hydrogens is 263 g/mol. The van der Waals surface area contributed by atoms with Crippen molar-refractivity contribution in [3.63, 3.8) is 0 Å². The summed E-state index contributed by atoms with van der Waals surface area (Å²) in [4.78, 5) is 16.6. The van der Waals surface area contributed by atoms with Crippen LogP contribution >= 0.6 is 11.8 Å². The Morgan fingerprint density at radius 3 is 2.79 bits per heavy atom. The third-order valence-corrected chi connectivity index (χ3v) is 3.51. The molecule has 1 heterocycles. The van der Waals surface area contributed by atoms with Crippen LogP contribution in [0.1, 0.15) is 13.8 Å². The van der Waals surface area contributed by atoms with E-state index in [4.69, 9.17) is 0 Å². The second-order valence-electron chi connectivity index (χ2n) is 4.62. The molecule has 1 aromatic heterocycles. The maximum Gasteiger partial charge on any atom is 0.283 e. The fraction of sp³-hybridized carbons (Fsp3) is 0.286. The van der Waals surface area contributed by atoms with Gasteiger partial charge in [0, 0.05) is 23.8 Å². The van der Waals surface area contributed by atoms with E-state index < -0.39 is 0 Å². The monoisotopic (exact) mass is 278 g/mol. The molecule has 5 heteroatoms. The Bertz CT molecular complexity index is 625. The molecule has 2 rings (SSSR count). The van der Waals surface area contributed by atoms with Crippen LogP contribution in [0.2, 0.25) is 0 Å². The Kier molecular flexibility index (Phi) is 4.37. The molecule has 0 saturated heterocycles. The van der Waals surface area contributed by atoms with Crippen molar-refractivity contribution in [2.75, 3.05) is 0 Å². The van der Waals surface area contributed by atoms with E-state index in [1.165, 1.54) is 6.07 Å². The van der Waals surface area contributed by atoms with Crippen molar-refractivity contribution < 1.29 is 4.39 Å². The highest BCUT2D eigenvalue weighted by atomic mass is 32.2. The van der Waals surface area contributed by atoms with Gasteiger partial charge >= 0.3 is 0 Å². The second-order valence-corrected chi connectivity index (χ2v) is 5.65. The highest BCUT2D eigenvalue weighted by Crippen LogP contribution is 2.25. The van der Waals surface area contributed by atoms with E-state index in [2.05, 4.69) is 4.98 Å². The average molecular weight is 278 g/mol. The first-order valence-corrected chi connectivity index (χ1v) is 6.87. The predicted molar refractivity (Wildman–Crippen MR) is 73.9 cm³/mol. The molecule has 19 heavy (non-hydrogen) atoms. The molecular formula is C14H15FN2OS. The Morgan fingerprint density at radius 1 is 1.37 bits per heavy atom. The minimum Gasteiger partial charge on any atom is -0.311 e. The number of rotatable bonds is 4. The fourth-order valence-electron chi connectivity index (χ4n) is 1.67. The molecule has 3 nitrogen and oxygen atoms in total. The number of aromatic nitrogens is 2. The van der Waals surface area contributed by atoms with Crippen molar-refractivity contribution in [3.8, 4) is 0 Å². The molecule has 0 aliphatic rings. The first-order valence-electron chi connectivity index (χ1n) is 6.05. The van der Waals surface area contributed by atoms with Crippen molar-refractivity contribution >= 4 is 11.8 Å². The van der Waals surface area contributed by atoms with E-state index in [1.54, 1.807) is 35.2 Å². The minimum absolute atomic E-state index is 0.176. The standard InChI is InChI=1S/C14H15FN2OS/c1-10(2)9-17-8-7-16-13(14(17)18)19-12-6-4-3-5-11(12)15/h3-8,10H,9H2,1-2H3. The normalized spacial score (nSPS) is 10.9. The number of benzene rings is 1. The van der Waals surface area contributed by atoms with E-state index in [0.29, 0.717) is 22.4 Å². The number of halogens is 1. The Morgan fingerprint density at radius 2 is 2.11 bits per heavy atom. The smallest absolute Gasteiger partial charge is 0.283 e. The molecule has 0 spiro atoms. The van der Waals surface area contributed by atoms with Gasteiger partial charge in [0.15, 0.2) is 5.03 Å². The van der Waals surface area contributed by atoms with Crippen LogP contribution in [0.25, 0.3) is 0 Å². The van der Waals surface area contributed by atoms with Gasteiger partial charge in [0.1, 0.15) is 5.82 Å². The average Bonchev–Trinajstić information content (AvgIpc) is 2.36. The molecule has 0 atom stereocenters. The van der Waals surface area contributed by atoms with Gasteiger partial charge in [-0.15, -0.1) is 0 Å². The summed E-state index contributed by atoms with van der Waals surface area (Å²) >= 11 is 1.06. The number of hydrogen-bond acceptors (Lipinski definition) is 3. The lowest BCUT2D eigenvalue weighted by molar-refractivity contribution is 0.502. The van der Waals surface area contributed by atoms with E-state index >= 15 is 0 Å². The Hall–Kier alpha value is -1.62. The van der Waals surface area contributed by atoms with Gasteiger partial charge in [-0.2, -0.15) is 0 Å². The highest BCUT2D eigenvalue weighted by Gasteiger charge is 2.10. The third-order valence-electron chi connectivity index (χ3n) is 2.49. The third kappa shape index (κ3) is 3.44. The summed E-state index contributed by atoms with van der Waals surface area (Å²) in [6.45, 7) is 4.71. The van der Waals surface area contributed by atoms with Gasteiger partial charge in [0.05, 0.1) is 0 Å². The summed E-state index contributed by atoms with van der Waals surface area (Å²) in [5.74, 6) is 0.0272. The SMILES string of the molecule is CC(C)Cn1ccnc(Sc2ccccc2F)c1=O. The molecule has 1 aromatic carbocycles. The quantitative estimate of drug-likeness (QED) is 0.861. The van der Waals surface area contributed by atoms with Crippen LogP contribution in [-0.4, -0.2) is 9.55 Å². The van der Waals surface area contributed by atoms with Crippen LogP contribution in [0.4, 0.5) is 4.39 Å². The molecule has 2 aromatic rings. The zero-order valence-electron chi connectivity index (χ0n) is 10.8. The van der Waals surface area contributed by atoms with E-state index in [-0.39, 0.29) is 11.4 Å². The van der Waals surface area contributed by atoms with Gasteiger partial charge in [0.25, 0.3) is 5.56 Å². The minimum atomic E-state index is -0.340. The zero-order valence-corrected chi connectivity index (χ0v) is 11.7. The van der Waals surface area contributed by atoms with Crippen LogP contribution < -0.4 is 5.56 Å².